The Morgan fingerprint density at radius 3 is 2.66 bits per heavy atom. The Labute approximate surface area is 175 Å². The molecule has 0 spiro atoms. The van der Waals surface area contributed by atoms with E-state index in [0.29, 0.717) is 18.4 Å². The molecule has 1 aromatic heterocycles. The molecule has 1 N–H and O–H groups in total. The van der Waals surface area contributed by atoms with Crippen LogP contribution in [0, 0.1) is 11.3 Å². The van der Waals surface area contributed by atoms with E-state index in [0.717, 1.165) is 60.2 Å². The average Bonchev–Trinajstić information content (AvgIpc) is 3.09. The predicted octanol–water partition coefficient (Wildman–Crippen LogP) is 4.84. The molecule has 0 bridgehead atoms. The van der Waals surface area contributed by atoms with E-state index in [4.69, 9.17) is 11.6 Å². The van der Waals surface area contributed by atoms with Crippen LogP contribution in [-0.4, -0.2) is 14.8 Å². The minimum atomic E-state index is 0.397. The molecule has 0 atom stereocenters. The Hall–Kier alpha value is -2.68. The standard InChI is InChI=1S/C23H22ClN5/c24-20-8-9-21-19(11-20)13-26-14-22-27-28-23(29(21)22)17-6-4-16(5-7-17)18-3-1-2-15(10-18)12-25/h1-3,8-11,16-17,26H,4-7,13-14H2. The first-order chi connectivity index (χ1) is 14.2. The molecule has 2 heterocycles. The molecule has 1 aliphatic heterocycles. The van der Waals surface area contributed by atoms with Gasteiger partial charge in [-0.05, 0) is 73.1 Å². The molecular formula is C23H22ClN5. The molecule has 2 aliphatic rings. The van der Waals surface area contributed by atoms with Crippen LogP contribution >= 0.6 is 11.6 Å². The van der Waals surface area contributed by atoms with Gasteiger partial charge in [-0.3, -0.25) is 4.57 Å². The van der Waals surface area contributed by atoms with Crippen molar-refractivity contribution < 1.29 is 0 Å². The number of hydrogen-bond donors (Lipinski definition) is 1. The quantitative estimate of drug-likeness (QED) is 0.665. The normalized spacial score (nSPS) is 21.0. The zero-order valence-electron chi connectivity index (χ0n) is 16.1. The molecule has 5 rings (SSSR count). The minimum Gasteiger partial charge on any atom is -0.306 e. The Balaban J connectivity index is 1.41. The zero-order valence-corrected chi connectivity index (χ0v) is 16.9. The van der Waals surface area contributed by atoms with E-state index in [1.807, 2.05) is 30.3 Å². The molecule has 0 radical (unpaired) electrons. The molecule has 1 fully saturated rings. The summed E-state index contributed by atoms with van der Waals surface area (Å²) in [5, 5.41) is 22.5. The van der Waals surface area contributed by atoms with Crippen LogP contribution < -0.4 is 5.32 Å². The molecule has 2 aromatic carbocycles. The van der Waals surface area contributed by atoms with E-state index in [9.17, 15) is 5.26 Å². The number of fused-ring (bicyclic) bond motifs is 3. The maximum atomic E-state index is 9.18. The molecule has 1 aliphatic carbocycles. The molecule has 0 unspecified atom stereocenters. The van der Waals surface area contributed by atoms with Crippen molar-refractivity contribution in [3.63, 3.8) is 0 Å². The van der Waals surface area contributed by atoms with Crippen LogP contribution in [0.2, 0.25) is 5.02 Å². The summed E-state index contributed by atoms with van der Waals surface area (Å²) in [6, 6.07) is 16.4. The fourth-order valence-electron chi connectivity index (χ4n) is 4.74. The summed E-state index contributed by atoms with van der Waals surface area (Å²) in [7, 11) is 0. The van der Waals surface area contributed by atoms with Gasteiger partial charge in [0.15, 0.2) is 5.82 Å². The Bertz CT molecular complexity index is 1090. The number of rotatable bonds is 2. The van der Waals surface area contributed by atoms with Crippen molar-refractivity contribution in [2.24, 2.45) is 0 Å². The highest BCUT2D eigenvalue weighted by Gasteiger charge is 2.29. The second-order valence-corrected chi connectivity index (χ2v) is 8.41. The lowest BCUT2D eigenvalue weighted by molar-refractivity contribution is 0.382. The first-order valence-electron chi connectivity index (χ1n) is 10.2. The van der Waals surface area contributed by atoms with Crippen LogP contribution in [0.15, 0.2) is 42.5 Å². The van der Waals surface area contributed by atoms with Gasteiger partial charge >= 0.3 is 0 Å². The van der Waals surface area contributed by atoms with Gasteiger partial charge in [0.25, 0.3) is 0 Å². The van der Waals surface area contributed by atoms with Gasteiger partial charge in [-0.25, -0.2) is 0 Å². The molecule has 3 aromatic rings. The van der Waals surface area contributed by atoms with Gasteiger partial charge in [0, 0.05) is 17.5 Å². The summed E-state index contributed by atoms with van der Waals surface area (Å²) in [4.78, 5) is 0. The van der Waals surface area contributed by atoms with Crippen LogP contribution in [0.4, 0.5) is 0 Å². The molecule has 5 nitrogen and oxygen atoms in total. The third-order valence-corrected chi connectivity index (χ3v) is 6.45. The fraction of sp³-hybridized carbons (Fsp3) is 0.348. The van der Waals surface area contributed by atoms with Crippen molar-refractivity contribution in [2.45, 2.75) is 50.6 Å². The summed E-state index contributed by atoms with van der Waals surface area (Å²) >= 11 is 6.23. The predicted molar refractivity (Wildman–Crippen MR) is 112 cm³/mol. The van der Waals surface area contributed by atoms with Gasteiger partial charge in [-0.1, -0.05) is 23.7 Å². The van der Waals surface area contributed by atoms with E-state index >= 15 is 0 Å². The second kappa shape index (κ2) is 7.62. The lowest BCUT2D eigenvalue weighted by atomic mass is 9.78. The van der Waals surface area contributed by atoms with Crippen molar-refractivity contribution in [1.82, 2.24) is 20.1 Å². The number of nitrogens with one attached hydrogen (secondary N) is 1. The number of nitriles is 1. The van der Waals surface area contributed by atoms with Crippen molar-refractivity contribution in [3.8, 4) is 11.8 Å². The first-order valence-corrected chi connectivity index (χ1v) is 10.5. The molecule has 0 saturated heterocycles. The molecule has 1 saturated carbocycles. The van der Waals surface area contributed by atoms with E-state index < -0.39 is 0 Å². The molecule has 0 amide bonds. The van der Waals surface area contributed by atoms with Crippen molar-refractivity contribution >= 4 is 11.6 Å². The molecular weight excluding hydrogens is 382 g/mol. The fourth-order valence-corrected chi connectivity index (χ4v) is 4.94. The first kappa shape index (κ1) is 18.4. The van der Waals surface area contributed by atoms with Gasteiger partial charge in [0.05, 0.1) is 23.9 Å². The summed E-state index contributed by atoms with van der Waals surface area (Å²) in [5.41, 5.74) is 4.35. The van der Waals surface area contributed by atoms with Crippen LogP contribution in [-0.2, 0) is 13.1 Å². The van der Waals surface area contributed by atoms with Gasteiger partial charge < -0.3 is 5.32 Å². The van der Waals surface area contributed by atoms with Crippen molar-refractivity contribution in [2.75, 3.05) is 0 Å². The molecule has 29 heavy (non-hydrogen) atoms. The highest BCUT2D eigenvalue weighted by molar-refractivity contribution is 6.30. The van der Waals surface area contributed by atoms with Crippen LogP contribution in [0.25, 0.3) is 5.69 Å². The Morgan fingerprint density at radius 2 is 1.83 bits per heavy atom. The van der Waals surface area contributed by atoms with E-state index in [2.05, 4.69) is 38.3 Å². The third-order valence-electron chi connectivity index (χ3n) is 6.22. The lowest BCUT2D eigenvalue weighted by Gasteiger charge is -2.29. The van der Waals surface area contributed by atoms with Crippen LogP contribution in [0.5, 0.6) is 0 Å². The summed E-state index contributed by atoms with van der Waals surface area (Å²) in [6.07, 6.45) is 4.37. The minimum absolute atomic E-state index is 0.397. The maximum absolute atomic E-state index is 9.18. The monoisotopic (exact) mass is 403 g/mol. The average molecular weight is 404 g/mol. The maximum Gasteiger partial charge on any atom is 0.151 e. The topological polar surface area (TPSA) is 66.5 Å². The summed E-state index contributed by atoms with van der Waals surface area (Å²) in [6.45, 7) is 1.48. The largest absolute Gasteiger partial charge is 0.306 e. The highest BCUT2D eigenvalue weighted by Crippen LogP contribution is 2.41. The highest BCUT2D eigenvalue weighted by atomic mass is 35.5. The third kappa shape index (κ3) is 3.43. The van der Waals surface area contributed by atoms with E-state index in [1.54, 1.807) is 0 Å². The number of hydrogen-bond acceptors (Lipinski definition) is 4. The molecule has 6 heteroatoms. The van der Waals surface area contributed by atoms with Crippen LogP contribution in [0.1, 0.15) is 65.9 Å². The SMILES string of the molecule is N#Cc1cccc(C2CCC(c3nnc4n3-c3ccc(Cl)cc3CNC4)CC2)c1. The summed E-state index contributed by atoms with van der Waals surface area (Å²) < 4.78 is 2.24. The van der Waals surface area contributed by atoms with Gasteiger partial charge in [-0.15, -0.1) is 10.2 Å². The van der Waals surface area contributed by atoms with Crippen molar-refractivity contribution in [3.05, 3.63) is 75.8 Å². The van der Waals surface area contributed by atoms with Gasteiger partial charge in [0.2, 0.25) is 0 Å². The van der Waals surface area contributed by atoms with E-state index in [-0.39, 0.29) is 0 Å². The summed E-state index contributed by atoms with van der Waals surface area (Å²) in [5.74, 6) is 2.94. The van der Waals surface area contributed by atoms with Crippen molar-refractivity contribution in [1.29, 1.82) is 5.26 Å². The number of aromatic nitrogens is 3. The van der Waals surface area contributed by atoms with E-state index in [1.165, 1.54) is 11.1 Å². The number of nitrogens with zero attached hydrogens (tertiary/aromatic N) is 4. The zero-order chi connectivity index (χ0) is 19.8. The Kier molecular flexibility index (Phi) is 4.83. The molecule has 146 valence electrons. The smallest absolute Gasteiger partial charge is 0.151 e. The number of benzene rings is 2. The van der Waals surface area contributed by atoms with Gasteiger partial charge in [0.1, 0.15) is 5.82 Å². The Morgan fingerprint density at radius 1 is 1.00 bits per heavy atom. The second-order valence-electron chi connectivity index (χ2n) is 7.97. The van der Waals surface area contributed by atoms with Crippen LogP contribution in [0.3, 0.4) is 0 Å². The van der Waals surface area contributed by atoms with Gasteiger partial charge in [-0.2, -0.15) is 5.26 Å². The lowest BCUT2D eigenvalue weighted by Crippen LogP contribution is -2.17. The number of halogens is 1.